The molecule has 0 radical (unpaired) electrons. The summed E-state index contributed by atoms with van der Waals surface area (Å²) in [6.07, 6.45) is 2.67. The van der Waals surface area contributed by atoms with E-state index in [4.69, 9.17) is 4.74 Å². The van der Waals surface area contributed by atoms with Gasteiger partial charge in [-0.1, -0.05) is 6.07 Å². The van der Waals surface area contributed by atoms with Crippen LogP contribution in [0.4, 0.5) is 5.69 Å². The molecule has 7 nitrogen and oxygen atoms in total. The lowest BCUT2D eigenvalue weighted by Crippen LogP contribution is -2.44. The molecule has 8 heteroatoms. The second-order valence-electron chi connectivity index (χ2n) is 7.94. The van der Waals surface area contributed by atoms with Crippen molar-refractivity contribution in [2.75, 3.05) is 62.5 Å². The molecule has 0 saturated carbocycles. The molecule has 3 fully saturated rings. The number of carbonyl (C=O) groups excluding carboxylic acids is 1. The number of morpholine rings is 1. The van der Waals surface area contributed by atoms with Crippen LogP contribution in [0.15, 0.2) is 24.3 Å². The minimum absolute atomic E-state index is 0.00303. The monoisotopic (exact) mass is 407 g/mol. The van der Waals surface area contributed by atoms with Crippen molar-refractivity contribution < 1.29 is 17.9 Å². The van der Waals surface area contributed by atoms with E-state index in [9.17, 15) is 13.2 Å². The quantitative estimate of drug-likeness (QED) is 0.755. The summed E-state index contributed by atoms with van der Waals surface area (Å²) in [7, 11) is -3.23. The molecule has 1 amide bonds. The van der Waals surface area contributed by atoms with Crippen molar-refractivity contribution in [1.29, 1.82) is 0 Å². The van der Waals surface area contributed by atoms with Gasteiger partial charge in [0, 0.05) is 44.8 Å². The molecule has 0 atom stereocenters. The summed E-state index contributed by atoms with van der Waals surface area (Å²) in [6.45, 7) is 6.76. The topological polar surface area (TPSA) is 70.2 Å². The molecule has 0 unspecified atom stereocenters. The van der Waals surface area contributed by atoms with E-state index in [0.29, 0.717) is 30.1 Å². The van der Waals surface area contributed by atoms with E-state index in [1.54, 1.807) is 24.3 Å². The summed E-state index contributed by atoms with van der Waals surface area (Å²) in [6, 6.07) is 7.06. The largest absolute Gasteiger partial charge is 0.379 e. The Balaban J connectivity index is 1.36. The molecule has 3 heterocycles. The summed E-state index contributed by atoms with van der Waals surface area (Å²) >= 11 is 0. The molecule has 0 bridgehead atoms. The van der Waals surface area contributed by atoms with Crippen LogP contribution in [0.1, 0.15) is 29.6 Å². The lowest BCUT2D eigenvalue weighted by Gasteiger charge is -2.36. The van der Waals surface area contributed by atoms with Crippen LogP contribution in [0.3, 0.4) is 0 Å². The van der Waals surface area contributed by atoms with Crippen LogP contribution in [-0.2, 0) is 14.8 Å². The van der Waals surface area contributed by atoms with E-state index in [0.717, 1.165) is 58.8 Å². The number of amides is 1. The third kappa shape index (κ3) is 4.34. The SMILES string of the molecule is O=C(c1cccc(N2CCCS2(=O)=O)c1)N1CCC(CN2CCOCC2)CC1. The first-order chi connectivity index (χ1) is 13.5. The maximum Gasteiger partial charge on any atom is 0.253 e. The number of carbonyl (C=O) groups is 1. The van der Waals surface area contributed by atoms with E-state index in [1.165, 1.54) is 4.31 Å². The zero-order chi connectivity index (χ0) is 19.6. The fourth-order valence-electron chi connectivity index (χ4n) is 4.37. The molecule has 28 heavy (non-hydrogen) atoms. The highest BCUT2D eigenvalue weighted by molar-refractivity contribution is 7.93. The van der Waals surface area contributed by atoms with E-state index in [1.807, 2.05) is 4.90 Å². The number of hydrogen-bond acceptors (Lipinski definition) is 5. The highest BCUT2D eigenvalue weighted by Crippen LogP contribution is 2.26. The van der Waals surface area contributed by atoms with E-state index < -0.39 is 10.0 Å². The zero-order valence-corrected chi connectivity index (χ0v) is 17.1. The zero-order valence-electron chi connectivity index (χ0n) is 16.3. The molecule has 3 aliphatic heterocycles. The van der Waals surface area contributed by atoms with Gasteiger partial charge in [-0.2, -0.15) is 0 Å². The molecule has 0 N–H and O–H groups in total. The van der Waals surface area contributed by atoms with Crippen molar-refractivity contribution in [3.63, 3.8) is 0 Å². The highest BCUT2D eigenvalue weighted by atomic mass is 32.2. The van der Waals surface area contributed by atoms with Gasteiger partial charge in [0.15, 0.2) is 0 Å². The Morgan fingerprint density at radius 3 is 2.50 bits per heavy atom. The first-order valence-corrected chi connectivity index (χ1v) is 11.8. The Labute approximate surface area is 167 Å². The third-order valence-corrected chi connectivity index (χ3v) is 7.87. The molecule has 0 aliphatic carbocycles. The Kier molecular flexibility index (Phi) is 5.89. The Hall–Kier alpha value is -1.64. The van der Waals surface area contributed by atoms with Crippen molar-refractivity contribution in [3.8, 4) is 0 Å². The molecule has 1 aromatic rings. The first-order valence-electron chi connectivity index (χ1n) is 10.2. The number of sulfonamides is 1. The number of likely N-dealkylation sites (tertiary alicyclic amines) is 1. The molecular weight excluding hydrogens is 378 g/mol. The van der Waals surface area contributed by atoms with Gasteiger partial charge in [-0.05, 0) is 43.4 Å². The number of nitrogens with zero attached hydrogens (tertiary/aromatic N) is 3. The number of benzene rings is 1. The Morgan fingerprint density at radius 1 is 1.07 bits per heavy atom. The van der Waals surface area contributed by atoms with Gasteiger partial charge in [-0.15, -0.1) is 0 Å². The van der Waals surface area contributed by atoms with Gasteiger partial charge in [0.2, 0.25) is 10.0 Å². The van der Waals surface area contributed by atoms with Crippen molar-refractivity contribution >= 4 is 21.6 Å². The average molecular weight is 408 g/mol. The van der Waals surface area contributed by atoms with Gasteiger partial charge in [0.25, 0.3) is 5.91 Å². The van der Waals surface area contributed by atoms with Crippen LogP contribution in [0, 0.1) is 5.92 Å². The molecule has 4 rings (SSSR count). The summed E-state index contributed by atoms with van der Waals surface area (Å²) in [5.41, 5.74) is 1.18. The second-order valence-corrected chi connectivity index (χ2v) is 9.95. The number of anilines is 1. The number of ether oxygens (including phenoxy) is 1. The molecule has 3 saturated heterocycles. The number of hydrogen-bond donors (Lipinski definition) is 0. The van der Waals surface area contributed by atoms with E-state index in [2.05, 4.69) is 4.90 Å². The summed E-state index contributed by atoms with van der Waals surface area (Å²) < 4.78 is 31.2. The maximum absolute atomic E-state index is 13.0. The minimum Gasteiger partial charge on any atom is -0.379 e. The molecule has 0 spiro atoms. The fourth-order valence-corrected chi connectivity index (χ4v) is 5.93. The van der Waals surface area contributed by atoms with Gasteiger partial charge in [0.05, 0.1) is 24.7 Å². The average Bonchev–Trinajstić information content (AvgIpc) is 3.08. The lowest BCUT2D eigenvalue weighted by atomic mass is 9.95. The predicted molar refractivity (Wildman–Crippen MR) is 108 cm³/mol. The summed E-state index contributed by atoms with van der Waals surface area (Å²) in [5, 5.41) is 0. The minimum atomic E-state index is -3.23. The van der Waals surface area contributed by atoms with Crippen molar-refractivity contribution in [2.24, 2.45) is 5.92 Å². The summed E-state index contributed by atoms with van der Waals surface area (Å²) in [5.74, 6) is 0.813. The number of piperidine rings is 1. The van der Waals surface area contributed by atoms with Crippen LogP contribution in [0.2, 0.25) is 0 Å². The van der Waals surface area contributed by atoms with Crippen molar-refractivity contribution in [1.82, 2.24) is 9.80 Å². The third-order valence-electron chi connectivity index (χ3n) is 6.00. The Bertz CT molecular complexity index is 799. The first kappa shape index (κ1) is 19.7. The van der Waals surface area contributed by atoms with Crippen LogP contribution >= 0.6 is 0 Å². The molecular formula is C20H29N3O4S. The van der Waals surface area contributed by atoms with Gasteiger partial charge in [-0.3, -0.25) is 14.0 Å². The van der Waals surface area contributed by atoms with Crippen molar-refractivity contribution in [2.45, 2.75) is 19.3 Å². The molecule has 0 aromatic heterocycles. The smallest absolute Gasteiger partial charge is 0.253 e. The van der Waals surface area contributed by atoms with Crippen molar-refractivity contribution in [3.05, 3.63) is 29.8 Å². The van der Waals surface area contributed by atoms with Gasteiger partial charge < -0.3 is 9.64 Å². The molecule has 1 aromatic carbocycles. The van der Waals surface area contributed by atoms with Crippen LogP contribution in [0.25, 0.3) is 0 Å². The highest BCUT2D eigenvalue weighted by Gasteiger charge is 2.30. The fraction of sp³-hybridized carbons (Fsp3) is 0.650. The normalized spacial score (nSPS) is 23.9. The predicted octanol–water partition coefficient (Wildman–Crippen LogP) is 1.41. The standard InChI is InChI=1S/C20H29N3O4S/c24-20(18-3-1-4-19(15-18)23-7-2-14-28(23,25)26)22-8-5-17(6-9-22)16-21-10-12-27-13-11-21/h1,3-4,15,17H,2,5-14,16H2. The lowest BCUT2D eigenvalue weighted by molar-refractivity contribution is 0.0243. The van der Waals surface area contributed by atoms with Crippen LogP contribution in [-0.4, -0.2) is 82.4 Å². The van der Waals surface area contributed by atoms with Crippen LogP contribution in [0.5, 0.6) is 0 Å². The van der Waals surface area contributed by atoms with Crippen LogP contribution < -0.4 is 4.31 Å². The van der Waals surface area contributed by atoms with Gasteiger partial charge >= 0.3 is 0 Å². The molecule has 154 valence electrons. The van der Waals surface area contributed by atoms with E-state index >= 15 is 0 Å². The molecule has 3 aliphatic rings. The van der Waals surface area contributed by atoms with E-state index in [-0.39, 0.29) is 11.7 Å². The second kappa shape index (κ2) is 8.39. The Morgan fingerprint density at radius 2 is 1.82 bits per heavy atom. The number of rotatable bonds is 4. The maximum atomic E-state index is 13.0. The van der Waals surface area contributed by atoms with Gasteiger partial charge in [-0.25, -0.2) is 8.42 Å². The van der Waals surface area contributed by atoms with Gasteiger partial charge in [0.1, 0.15) is 0 Å². The summed E-state index contributed by atoms with van der Waals surface area (Å²) in [4.78, 5) is 17.3.